The fourth-order valence-electron chi connectivity index (χ4n) is 0.737. The van der Waals surface area contributed by atoms with Gasteiger partial charge in [-0.2, -0.15) is 0 Å². The Bertz CT molecular complexity index is 313. The second kappa shape index (κ2) is 6.88. The SMILES string of the molecule is CC.CN=C/C=C(\N)c1cc(C)no1. The second-order valence-electron chi connectivity index (χ2n) is 2.36. The van der Waals surface area contributed by atoms with Crippen LogP contribution in [0.1, 0.15) is 25.3 Å². The van der Waals surface area contributed by atoms with Gasteiger partial charge in [-0.3, -0.25) is 4.99 Å². The molecule has 1 heterocycles. The number of hydrogen-bond donors (Lipinski definition) is 1. The van der Waals surface area contributed by atoms with E-state index in [1.807, 2.05) is 20.8 Å². The van der Waals surface area contributed by atoms with Gasteiger partial charge in [0.25, 0.3) is 0 Å². The highest BCUT2D eigenvalue weighted by atomic mass is 16.5. The minimum Gasteiger partial charge on any atom is -0.396 e. The van der Waals surface area contributed by atoms with Crippen LogP contribution in [0.4, 0.5) is 0 Å². The Morgan fingerprint density at radius 2 is 2.21 bits per heavy atom. The second-order valence-corrected chi connectivity index (χ2v) is 2.36. The Kier molecular flexibility index (Phi) is 6.11. The van der Waals surface area contributed by atoms with Crippen molar-refractivity contribution in [3.8, 4) is 0 Å². The third-order valence-corrected chi connectivity index (χ3v) is 1.32. The average Bonchev–Trinajstić information content (AvgIpc) is 2.64. The van der Waals surface area contributed by atoms with E-state index in [2.05, 4.69) is 10.1 Å². The molecule has 0 spiro atoms. The average molecular weight is 195 g/mol. The van der Waals surface area contributed by atoms with E-state index in [0.717, 1.165) is 5.69 Å². The number of aliphatic imine (C=N–C) groups is 1. The normalized spacial score (nSPS) is 11.3. The molecule has 0 unspecified atom stereocenters. The van der Waals surface area contributed by atoms with Gasteiger partial charge in [0, 0.05) is 19.3 Å². The number of aryl methyl sites for hydroxylation is 1. The molecule has 1 rings (SSSR count). The first-order valence-corrected chi connectivity index (χ1v) is 4.55. The van der Waals surface area contributed by atoms with E-state index < -0.39 is 0 Å². The Hall–Kier alpha value is -1.58. The third-order valence-electron chi connectivity index (χ3n) is 1.32. The van der Waals surface area contributed by atoms with E-state index in [9.17, 15) is 0 Å². The lowest BCUT2D eigenvalue weighted by Gasteiger charge is -1.89. The van der Waals surface area contributed by atoms with Gasteiger partial charge < -0.3 is 10.3 Å². The summed E-state index contributed by atoms with van der Waals surface area (Å²) >= 11 is 0. The lowest BCUT2D eigenvalue weighted by atomic mass is 10.3. The molecule has 2 N–H and O–H groups in total. The van der Waals surface area contributed by atoms with Crippen molar-refractivity contribution >= 4 is 11.9 Å². The quantitative estimate of drug-likeness (QED) is 0.734. The van der Waals surface area contributed by atoms with E-state index >= 15 is 0 Å². The van der Waals surface area contributed by atoms with Crippen molar-refractivity contribution in [2.75, 3.05) is 7.05 Å². The van der Waals surface area contributed by atoms with E-state index in [4.69, 9.17) is 10.3 Å². The molecule has 0 aliphatic rings. The summed E-state index contributed by atoms with van der Waals surface area (Å²) in [5.41, 5.74) is 6.97. The minimum absolute atomic E-state index is 0.529. The van der Waals surface area contributed by atoms with Crippen LogP contribution in [0.5, 0.6) is 0 Å². The maximum absolute atomic E-state index is 5.63. The van der Waals surface area contributed by atoms with Crippen LogP contribution in [0, 0.1) is 6.92 Å². The Balaban J connectivity index is 0.000000791. The summed E-state index contributed by atoms with van der Waals surface area (Å²) in [5.74, 6) is 0.576. The van der Waals surface area contributed by atoms with E-state index in [1.165, 1.54) is 0 Å². The zero-order valence-corrected chi connectivity index (χ0v) is 9.11. The van der Waals surface area contributed by atoms with Crippen molar-refractivity contribution in [1.29, 1.82) is 0 Å². The topological polar surface area (TPSA) is 64.4 Å². The van der Waals surface area contributed by atoms with Gasteiger partial charge in [0.15, 0.2) is 5.76 Å². The molecule has 0 saturated heterocycles. The van der Waals surface area contributed by atoms with E-state index in [1.54, 1.807) is 25.4 Å². The number of aromatic nitrogens is 1. The van der Waals surface area contributed by atoms with Gasteiger partial charge in [-0.25, -0.2) is 0 Å². The Morgan fingerprint density at radius 1 is 1.57 bits per heavy atom. The Labute approximate surface area is 84.5 Å². The first kappa shape index (κ1) is 12.4. The molecule has 0 atom stereocenters. The van der Waals surface area contributed by atoms with Gasteiger partial charge in [0.2, 0.25) is 0 Å². The summed E-state index contributed by atoms with van der Waals surface area (Å²) in [6.45, 7) is 5.84. The van der Waals surface area contributed by atoms with E-state index in [0.29, 0.717) is 11.5 Å². The number of nitrogens with zero attached hydrogens (tertiary/aromatic N) is 2. The maximum atomic E-state index is 5.63. The number of rotatable bonds is 2. The predicted molar refractivity (Wildman–Crippen MR) is 59.2 cm³/mol. The first-order valence-electron chi connectivity index (χ1n) is 4.55. The van der Waals surface area contributed by atoms with Gasteiger partial charge in [0.05, 0.1) is 11.4 Å². The third kappa shape index (κ3) is 3.89. The van der Waals surface area contributed by atoms with Gasteiger partial charge in [0.1, 0.15) is 0 Å². The van der Waals surface area contributed by atoms with E-state index in [-0.39, 0.29) is 0 Å². The first-order chi connectivity index (χ1) is 6.74. The number of nitrogens with two attached hydrogens (primary N) is 1. The molecule has 0 aliphatic carbocycles. The van der Waals surface area contributed by atoms with Crippen molar-refractivity contribution < 1.29 is 4.52 Å². The highest BCUT2D eigenvalue weighted by molar-refractivity contribution is 5.81. The van der Waals surface area contributed by atoms with Crippen molar-refractivity contribution in [2.45, 2.75) is 20.8 Å². The van der Waals surface area contributed by atoms with Crippen LogP contribution in [0.2, 0.25) is 0 Å². The molecule has 0 bridgehead atoms. The lowest BCUT2D eigenvalue weighted by molar-refractivity contribution is 0.405. The molecule has 14 heavy (non-hydrogen) atoms. The maximum Gasteiger partial charge on any atom is 0.182 e. The van der Waals surface area contributed by atoms with Crippen LogP contribution in [-0.2, 0) is 0 Å². The van der Waals surface area contributed by atoms with Crippen LogP contribution in [0.3, 0.4) is 0 Å². The molecule has 0 radical (unpaired) electrons. The van der Waals surface area contributed by atoms with Gasteiger partial charge >= 0.3 is 0 Å². The molecule has 1 aromatic heterocycles. The van der Waals surface area contributed by atoms with Crippen LogP contribution >= 0.6 is 0 Å². The molecule has 4 heteroatoms. The zero-order valence-electron chi connectivity index (χ0n) is 9.11. The Morgan fingerprint density at radius 3 is 2.64 bits per heavy atom. The molecular weight excluding hydrogens is 178 g/mol. The molecule has 1 aromatic rings. The molecule has 4 nitrogen and oxygen atoms in total. The number of allylic oxidation sites excluding steroid dienone is 1. The molecule has 0 aromatic carbocycles. The van der Waals surface area contributed by atoms with Crippen LogP contribution in [0.25, 0.3) is 5.70 Å². The largest absolute Gasteiger partial charge is 0.396 e. The van der Waals surface area contributed by atoms with Gasteiger partial charge in [-0.15, -0.1) is 0 Å². The lowest BCUT2D eigenvalue weighted by Crippen LogP contribution is -1.94. The molecule has 78 valence electrons. The monoisotopic (exact) mass is 195 g/mol. The summed E-state index contributed by atoms with van der Waals surface area (Å²) in [5, 5.41) is 3.71. The van der Waals surface area contributed by atoms with Crippen molar-refractivity contribution in [3.63, 3.8) is 0 Å². The molecule has 0 fully saturated rings. The molecule has 0 saturated carbocycles. The van der Waals surface area contributed by atoms with Crippen molar-refractivity contribution in [3.05, 3.63) is 23.6 Å². The highest BCUT2D eigenvalue weighted by Crippen LogP contribution is 2.08. The summed E-state index contributed by atoms with van der Waals surface area (Å²) in [6, 6.07) is 1.77. The molecule has 0 amide bonds. The minimum atomic E-state index is 0.529. The van der Waals surface area contributed by atoms with Gasteiger partial charge in [-0.1, -0.05) is 19.0 Å². The van der Waals surface area contributed by atoms with Crippen molar-refractivity contribution in [1.82, 2.24) is 5.16 Å². The summed E-state index contributed by atoms with van der Waals surface area (Å²) in [4.78, 5) is 3.76. The predicted octanol–water partition coefficient (Wildman–Crippen LogP) is 2.01. The van der Waals surface area contributed by atoms with Crippen molar-refractivity contribution in [2.24, 2.45) is 10.7 Å². The van der Waals surface area contributed by atoms with Gasteiger partial charge in [-0.05, 0) is 13.0 Å². The summed E-state index contributed by atoms with van der Waals surface area (Å²) < 4.78 is 4.92. The van der Waals surface area contributed by atoms with Crippen LogP contribution < -0.4 is 5.73 Å². The van der Waals surface area contributed by atoms with Crippen LogP contribution in [-0.4, -0.2) is 18.4 Å². The summed E-state index contributed by atoms with van der Waals surface area (Å²) in [6.07, 6.45) is 3.27. The highest BCUT2D eigenvalue weighted by Gasteiger charge is 2.01. The standard InChI is InChI=1S/C8H11N3O.C2H6/c1-6-5-8(12-11-6)7(9)3-4-10-2;1-2/h3-5H,9H2,1-2H3;1-2H3/b7-3-,10-4?;. The summed E-state index contributed by atoms with van der Waals surface area (Å²) in [7, 11) is 1.68. The smallest absolute Gasteiger partial charge is 0.182 e. The zero-order chi connectivity index (χ0) is 11.0. The molecular formula is C10H17N3O. The van der Waals surface area contributed by atoms with Crippen LogP contribution in [0.15, 0.2) is 21.7 Å². The number of hydrogen-bond acceptors (Lipinski definition) is 4. The fourth-order valence-corrected chi connectivity index (χ4v) is 0.737. The molecule has 0 aliphatic heterocycles. The fraction of sp³-hybridized carbons (Fsp3) is 0.400.